The number of aromatic carboxylic acids is 1. The molecule has 0 spiro atoms. The average Bonchev–Trinajstić information content (AvgIpc) is 3.28. The highest BCUT2D eigenvalue weighted by atomic mass is 32.2. The standard InChI is InChI=1S/C18H21N3O4S2/c22-10-12-2-1-3-13(8-12)19-9-14-4-5-16(23)21(14)6-7-26-18-20-15(11-27-18)17(24)25/h1-3,8,11,14,19,22H,4-7,9-10H2,(H,24,25)/t14-/m1/s1. The molecule has 2 heterocycles. The van der Waals surface area contributed by atoms with Gasteiger partial charge in [0.1, 0.15) is 0 Å². The number of anilines is 1. The fraction of sp³-hybridized carbons (Fsp3) is 0.389. The summed E-state index contributed by atoms with van der Waals surface area (Å²) in [6.07, 6.45) is 1.37. The number of aromatic nitrogens is 1. The van der Waals surface area contributed by atoms with E-state index in [4.69, 9.17) is 5.11 Å². The van der Waals surface area contributed by atoms with Crippen molar-refractivity contribution >= 4 is 40.7 Å². The van der Waals surface area contributed by atoms with Crippen molar-refractivity contribution in [2.75, 3.05) is 24.2 Å². The van der Waals surface area contributed by atoms with Gasteiger partial charge >= 0.3 is 5.97 Å². The number of likely N-dealkylation sites (tertiary alicyclic amines) is 1. The Labute approximate surface area is 165 Å². The highest BCUT2D eigenvalue weighted by molar-refractivity contribution is 8.01. The highest BCUT2D eigenvalue weighted by Gasteiger charge is 2.30. The van der Waals surface area contributed by atoms with Crippen molar-refractivity contribution in [2.45, 2.75) is 29.8 Å². The van der Waals surface area contributed by atoms with Gasteiger partial charge in [0, 0.05) is 42.4 Å². The van der Waals surface area contributed by atoms with Gasteiger partial charge in [-0.05, 0) is 24.1 Å². The Hall–Kier alpha value is -2.10. The topological polar surface area (TPSA) is 103 Å². The number of aliphatic hydroxyl groups excluding tert-OH is 1. The van der Waals surface area contributed by atoms with Crippen LogP contribution in [0.3, 0.4) is 0 Å². The van der Waals surface area contributed by atoms with Gasteiger partial charge in [0.25, 0.3) is 0 Å². The Bertz CT molecular complexity index is 811. The van der Waals surface area contributed by atoms with E-state index in [1.807, 2.05) is 29.2 Å². The molecule has 2 aromatic rings. The van der Waals surface area contributed by atoms with Crippen molar-refractivity contribution in [3.63, 3.8) is 0 Å². The summed E-state index contributed by atoms with van der Waals surface area (Å²) in [6, 6.07) is 7.73. The average molecular weight is 408 g/mol. The normalized spacial score (nSPS) is 16.7. The molecule has 27 heavy (non-hydrogen) atoms. The zero-order valence-electron chi connectivity index (χ0n) is 14.6. The number of carbonyl (C=O) groups is 2. The lowest BCUT2D eigenvalue weighted by atomic mass is 10.2. The first-order valence-electron chi connectivity index (χ1n) is 8.61. The number of thiazole rings is 1. The fourth-order valence-electron chi connectivity index (χ4n) is 2.98. The number of carboxylic acids is 1. The number of hydrogen-bond acceptors (Lipinski definition) is 7. The molecule has 3 rings (SSSR count). The molecule has 1 fully saturated rings. The van der Waals surface area contributed by atoms with E-state index in [1.165, 1.54) is 28.5 Å². The molecule has 7 nitrogen and oxygen atoms in total. The Morgan fingerprint density at radius 1 is 1.44 bits per heavy atom. The zero-order valence-corrected chi connectivity index (χ0v) is 16.3. The van der Waals surface area contributed by atoms with E-state index < -0.39 is 5.97 Å². The second-order valence-electron chi connectivity index (χ2n) is 6.17. The molecular formula is C18H21N3O4S2. The van der Waals surface area contributed by atoms with Gasteiger partial charge in [-0.15, -0.1) is 11.3 Å². The maximum Gasteiger partial charge on any atom is 0.355 e. The Kier molecular flexibility index (Phi) is 6.70. The van der Waals surface area contributed by atoms with Crippen LogP contribution in [0, 0.1) is 0 Å². The van der Waals surface area contributed by atoms with Crippen LogP contribution >= 0.6 is 23.1 Å². The molecule has 1 saturated heterocycles. The minimum absolute atomic E-state index is 0.00112. The summed E-state index contributed by atoms with van der Waals surface area (Å²) in [5.74, 6) is -0.199. The van der Waals surface area contributed by atoms with Crippen LogP contribution in [0.15, 0.2) is 34.0 Å². The van der Waals surface area contributed by atoms with Crippen molar-refractivity contribution in [1.29, 1.82) is 0 Å². The van der Waals surface area contributed by atoms with Crippen LogP contribution in [0.25, 0.3) is 0 Å². The molecule has 144 valence electrons. The Morgan fingerprint density at radius 2 is 2.30 bits per heavy atom. The Morgan fingerprint density at radius 3 is 3.04 bits per heavy atom. The first-order valence-corrected chi connectivity index (χ1v) is 10.5. The molecule has 1 amide bonds. The molecule has 0 radical (unpaired) electrons. The first-order chi connectivity index (χ1) is 13.1. The van der Waals surface area contributed by atoms with Crippen molar-refractivity contribution < 1.29 is 19.8 Å². The van der Waals surface area contributed by atoms with Gasteiger partial charge in [0.2, 0.25) is 5.91 Å². The highest BCUT2D eigenvalue weighted by Crippen LogP contribution is 2.25. The summed E-state index contributed by atoms with van der Waals surface area (Å²) in [7, 11) is 0. The van der Waals surface area contributed by atoms with Crippen LogP contribution in [0.1, 0.15) is 28.9 Å². The lowest BCUT2D eigenvalue weighted by Gasteiger charge is -2.25. The van der Waals surface area contributed by atoms with E-state index in [0.717, 1.165) is 17.7 Å². The van der Waals surface area contributed by atoms with E-state index in [2.05, 4.69) is 10.3 Å². The van der Waals surface area contributed by atoms with Crippen LogP contribution in [-0.4, -0.2) is 56.9 Å². The molecule has 3 N–H and O–H groups in total. The predicted molar refractivity (Wildman–Crippen MR) is 105 cm³/mol. The molecule has 0 bridgehead atoms. The van der Waals surface area contributed by atoms with Gasteiger partial charge < -0.3 is 20.4 Å². The van der Waals surface area contributed by atoms with Crippen molar-refractivity contribution in [3.05, 3.63) is 40.9 Å². The number of nitrogens with one attached hydrogen (secondary N) is 1. The van der Waals surface area contributed by atoms with Crippen molar-refractivity contribution in [3.8, 4) is 0 Å². The number of aliphatic hydroxyl groups is 1. The molecule has 1 aromatic carbocycles. The van der Waals surface area contributed by atoms with E-state index in [9.17, 15) is 14.7 Å². The minimum atomic E-state index is -1.02. The number of thioether (sulfide) groups is 1. The molecule has 0 unspecified atom stereocenters. The van der Waals surface area contributed by atoms with Crippen LogP contribution in [0.4, 0.5) is 5.69 Å². The number of amides is 1. The predicted octanol–water partition coefficient (Wildman–Crippen LogP) is 2.53. The van der Waals surface area contributed by atoms with Crippen LogP contribution in [0.5, 0.6) is 0 Å². The van der Waals surface area contributed by atoms with Gasteiger partial charge in [-0.25, -0.2) is 9.78 Å². The largest absolute Gasteiger partial charge is 0.476 e. The van der Waals surface area contributed by atoms with Gasteiger partial charge in [0.05, 0.1) is 6.61 Å². The number of carboxylic acid groups (broad SMARTS) is 1. The smallest absolute Gasteiger partial charge is 0.355 e. The van der Waals surface area contributed by atoms with Gasteiger partial charge in [0.15, 0.2) is 10.0 Å². The quantitative estimate of drug-likeness (QED) is 0.549. The maximum absolute atomic E-state index is 12.2. The third kappa shape index (κ3) is 5.21. The molecule has 1 aliphatic rings. The van der Waals surface area contributed by atoms with E-state index in [0.29, 0.717) is 29.6 Å². The second kappa shape index (κ2) is 9.20. The van der Waals surface area contributed by atoms with Crippen LogP contribution < -0.4 is 5.32 Å². The summed E-state index contributed by atoms with van der Waals surface area (Å²) in [6.45, 7) is 1.27. The van der Waals surface area contributed by atoms with Gasteiger partial charge in [-0.1, -0.05) is 23.9 Å². The number of benzene rings is 1. The Balaban J connectivity index is 1.50. The van der Waals surface area contributed by atoms with Gasteiger partial charge in [-0.2, -0.15) is 0 Å². The monoisotopic (exact) mass is 407 g/mol. The molecule has 0 aliphatic carbocycles. The van der Waals surface area contributed by atoms with Gasteiger partial charge in [-0.3, -0.25) is 4.79 Å². The lowest BCUT2D eigenvalue weighted by molar-refractivity contribution is -0.128. The molecule has 0 saturated carbocycles. The van der Waals surface area contributed by atoms with E-state index >= 15 is 0 Å². The number of nitrogens with zero attached hydrogens (tertiary/aromatic N) is 2. The lowest BCUT2D eigenvalue weighted by Crippen LogP contribution is -2.39. The molecule has 1 aliphatic heterocycles. The summed E-state index contributed by atoms with van der Waals surface area (Å²) >= 11 is 2.78. The summed E-state index contributed by atoms with van der Waals surface area (Å²) < 4.78 is 0.703. The maximum atomic E-state index is 12.2. The third-order valence-corrected chi connectivity index (χ3v) is 6.37. The molecule has 1 atom stereocenters. The SMILES string of the molecule is O=C(O)c1csc(SCCN2C(=O)CC[C@@H]2CNc2cccc(CO)c2)n1. The third-order valence-electron chi connectivity index (χ3n) is 4.36. The molecular weight excluding hydrogens is 386 g/mol. The second-order valence-corrected chi connectivity index (χ2v) is 8.37. The van der Waals surface area contributed by atoms with Crippen molar-refractivity contribution in [2.24, 2.45) is 0 Å². The zero-order chi connectivity index (χ0) is 19.2. The summed E-state index contributed by atoms with van der Waals surface area (Å²) in [5, 5.41) is 23.0. The number of carbonyl (C=O) groups excluding carboxylic acids is 1. The van der Waals surface area contributed by atoms with Crippen LogP contribution in [-0.2, 0) is 11.4 Å². The first kappa shape index (κ1) is 19.7. The van der Waals surface area contributed by atoms with Crippen molar-refractivity contribution in [1.82, 2.24) is 9.88 Å². The summed E-state index contributed by atoms with van der Waals surface area (Å²) in [4.78, 5) is 29.0. The fourth-order valence-corrected chi connectivity index (χ4v) is 4.79. The van der Waals surface area contributed by atoms with Crippen LogP contribution in [0.2, 0.25) is 0 Å². The minimum Gasteiger partial charge on any atom is -0.476 e. The molecule has 9 heteroatoms. The van der Waals surface area contributed by atoms with E-state index in [-0.39, 0.29) is 24.2 Å². The number of rotatable bonds is 9. The summed E-state index contributed by atoms with van der Waals surface area (Å²) in [5.41, 5.74) is 1.84. The number of hydrogen-bond donors (Lipinski definition) is 3. The molecule has 1 aromatic heterocycles. The van der Waals surface area contributed by atoms with E-state index in [1.54, 1.807) is 0 Å².